The van der Waals surface area contributed by atoms with Gasteiger partial charge in [0, 0.05) is 22.7 Å². The number of para-hydroxylation sites is 2. The second-order valence-corrected chi connectivity index (χ2v) is 10.8. The van der Waals surface area contributed by atoms with Crippen LogP contribution < -0.4 is 20.1 Å². The molecule has 1 heterocycles. The number of halogens is 1. The number of hydrogen-bond donors (Lipinski definition) is 2. The lowest BCUT2D eigenvalue weighted by atomic mass is 9.79. The molecule has 0 unspecified atom stereocenters. The molecule has 1 fully saturated rings. The van der Waals surface area contributed by atoms with Crippen LogP contribution in [-0.4, -0.2) is 23.0 Å². The molecular weight excluding hydrogens is 460 g/mol. The Labute approximate surface area is 212 Å². The summed E-state index contributed by atoms with van der Waals surface area (Å²) in [6, 6.07) is 22.6. The van der Waals surface area contributed by atoms with Gasteiger partial charge >= 0.3 is 0 Å². The summed E-state index contributed by atoms with van der Waals surface area (Å²) >= 11 is 6.53. The number of amides is 1. The Kier molecular flexibility index (Phi) is 7.39. The molecule has 0 aliphatic carbocycles. The molecule has 0 radical (unpaired) electrons. The Morgan fingerprint density at radius 3 is 2.20 bits per heavy atom. The van der Waals surface area contributed by atoms with Crippen molar-refractivity contribution in [3.8, 4) is 17.2 Å². The maximum Gasteiger partial charge on any atom is 0.251 e. The molecule has 0 atom stereocenters. The lowest BCUT2D eigenvalue weighted by Crippen LogP contribution is -2.62. The van der Waals surface area contributed by atoms with Crippen LogP contribution in [0.2, 0.25) is 5.02 Å². The highest BCUT2D eigenvalue weighted by Crippen LogP contribution is 2.36. The fourth-order valence-corrected chi connectivity index (χ4v) is 5.14. The van der Waals surface area contributed by atoms with Gasteiger partial charge in [-0.2, -0.15) is 0 Å². The van der Waals surface area contributed by atoms with Crippen LogP contribution in [0.4, 0.5) is 0 Å². The van der Waals surface area contributed by atoms with E-state index in [0.717, 1.165) is 18.4 Å². The molecule has 1 aliphatic rings. The minimum Gasteiger partial charge on any atom is -0.485 e. The van der Waals surface area contributed by atoms with Crippen LogP contribution in [0.25, 0.3) is 0 Å². The number of nitrogens with one attached hydrogen (secondary N) is 2. The minimum absolute atomic E-state index is 0.0506. The average molecular weight is 493 g/mol. The van der Waals surface area contributed by atoms with Gasteiger partial charge in [-0.3, -0.25) is 4.79 Å². The normalized spacial score (nSPS) is 16.9. The van der Waals surface area contributed by atoms with Crippen molar-refractivity contribution >= 4 is 17.5 Å². The topological polar surface area (TPSA) is 59.6 Å². The molecule has 1 saturated heterocycles. The standard InChI is InChI=1S/C29H33ClN2O3/c1-28(2)17-22(18-29(3,4)32-28)31-27(33)21-14-15-24(23(30)16-21)35-26-13-9-8-12-25(26)34-19-20-10-6-5-7-11-20/h5-16,22,32H,17-19H2,1-4H3,(H,31,33). The molecule has 6 heteroatoms. The Hall–Kier alpha value is -3.02. The van der Waals surface area contributed by atoms with E-state index < -0.39 is 0 Å². The van der Waals surface area contributed by atoms with Crippen molar-refractivity contribution in [1.82, 2.24) is 10.6 Å². The van der Waals surface area contributed by atoms with Crippen molar-refractivity contribution in [3.05, 3.63) is 88.9 Å². The largest absolute Gasteiger partial charge is 0.485 e. The summed E-state index contributed by atoms with van der Waals surface area (Å²) in [5.74, 6) is 1.50. The highest BCUT2D eigenvalue weighted by Gasteiger charge is 2.38. The van der Waals surface area contributed by atoms with Crippen molar-refractivity contribution < 1.29 is 14.3 Å². The van der Waals surface area contributed by atoms with Gasteiger partial charge in [0.05, 0.1) is 5.02 Å². The third-order valence-electron chi connectivity index (χ3n) is 6.03. The fraction of sp³-hybridized carbons (Fsp3) is 0.345. The molecule has 0 bridgehead atoms. The first kappa shape index (κ1) is 25.1. The number of benzene rings is 3. The fourth-order valence-electron chi connectivity index (χ4n) is 4.93. The maximum atomic E-state index is 13.0. The Morgan fingerprint density at radius 2 is 1.54 bits per heavy atom. The molecule has 1 amide bonds. The summed E-state index contributed by atoms with van der Waals surface area (Å²) in [5.41, 5.74) is 1.47. The summed E-state index contributed by atoms with van der Waals surface area (Å²) in [5, 5.41) is 7.19. The van der Waals surface area contributed by atoms with Crippen molar-refractivity contribution in [2.75, 3.05) is 0 Å². The third-order valence-corrected chi connectivity index (χ3v) is 6.32. The number of carbonyl (C=O) groups is 1. The zero-order chi connectivity index (χ0) is 25.1. The molecule has 0 aromatic heterocycles. The van der Waals surface area contributed by atoms with E-state index in [1.165, 1.54) is 0 Å². The molecule has 3 aromatic carbocycles. The van der Waals surface area contributed by atoms with Gasteiger partial charge < -0.3 is 20.1 Å². The Bertz CT molecular complexity index is 1160. The minimum atomic E-state index is -0.136. The molecule has 184 valence electrons. The van der Waals surface area contributed by atoms with Crippen LogP contribution in [0.1, 0.15) is 56.5 Å². The van der Waals surface area contributed by atoms with Gasteiger partial charge in [-0.15, -0.1) is 0 Å². The summed E-state index contributed by atoms with van der Waals surface area (Å²) < 4.78 is 12.0. The van der Waals surface area contributed by atoms with Crippen LogP contribution >= 0.6 is 11.6 Å². The molecule has 3 aromatic rings. The van der Waals surface area contributed by atoms with Crippen molar-refractivity contribution in [2.24, 2.45) is 0 Å². The molecule has 5 nitrogen and oxygen atoms in total. The van der Waals surface area contributed by atoms with Crippen molar-refractivity contribution in [2.45, 2.75) is 64.3 Å². The van der Waals surface area contributed by atoms with E-state index in [9.17, 15) is 4.79 Å². The predicted molar refractivity (Wildman–Crippen MR) is 141 cm³/mol. The van der Waals surface area contributed by atoms with Crippen LogP contribution in [-0.2, 0) is 6.61 Å². The number of rotatable bonds is 7. The average Bonchev–Trinajstić information content (AvgIpc) is 2.78. The number of hydrogen-bond acceptors (Lipinski definition) is 4. The first-order chi connectivity index (χ1) is 16.6. The summed E-state index contributed by atoms with van der Waals surface area (Å²) in [6.07, 6.45) is 1.72. The van der Waals surface area contributed by atoms with E-state index in [0.29, 0.717) is 34.4 Å². The zero-order valence-electron chi connectivity index (χ0n) is 20.7. The van der Waals surface area contributed by atoms with Gasteiger partial charge in [0.15, 0.2) is 11.5 Å². The summed E-state index contributed by atoms with van der Waals surface area (Å²) in [4.78, 5) is 13.0. The summed E-state index contributed by atoms with van der Waals surface area (Å²) in [7, 11) is 0. The SMILES string of the molecule is CC1(C)CC(NC(=O)c2ccc(Oc3ccccc3OCc3ccccc3)c(Cl)c2)CC(C)(C)N1. The highest BCUT2D eigenvalue weighted by atomic mass is 35.5. The molecule has 0 spiro atoms. The lowest BCUT2D eigenvalue weighted by Gasteiger charge is -2.46. The van der Waals surface area contributed by atoms with Crippen LogP contribution in [0.5, 0.6) is 17.2 Å². The molecule has 2 N–H and O–H groups in total. The monoisotopic (exact) mass is 492 g/mol. The second-order valence-electron chi connectivity index (χ2n) is 10.4. The van der Waals surface area contributed by atoms with Crippen LogP contribution in [0.3, 0.4) is 0 Å². The van der Waals surface area contributed by atoms with Crippen molar-refractivity contribution in [1.29, 1.82) is 0 Å². The Balaban J connectivity index is 1.43. The van der Waals surface area contributed by atoms with E-state index in [2.05, 4.69) is 38.3 Å². The quantitative estimate of drug-likeness (QED) is 0.383. The van der Waals surface area contributed by atoms with E-state index in [1.807, 2.05) is 54.6 Å². The van der Waals surface area contributed by atoms with Crippen LogP contribution in [0, 0.1) is 0 Å². The van der Waals surface area contributed by atoms with Gasteiger partial charge in [-0.25, -0.2) is 0 Å². The van der Waals surface area contributed by atoms with Gasteiger partial charge in [0.25, 0.3) is 5.91 Å². The van der Waals surface area contributed by atoms with Crippen LogP contribution in [0.15, 0.2) is 72.8 Å². The van der Waals surface area contributed by atoms with Gasteiger partial charge in [-0.05, 0) is 76.4 Å². The second kappa shape index (κ2) is 10.3. The molecule has 35 heavy (non-hydrogen) atoms. The van der Waals surface area contributed by atoms with E-state index in [4.69, 9.17) is 21.1 Å². The molecular formula is C29H33ClN2O3. The first-order valence-corrected chi connectivity index (χ1v) is 12.3. The van der Waals surface area contributed by atoms with E-state index in [-0.39, 0.29) is 23.0 Å². The molecule has 1 aliphatic heterocycles. The zero-order valence-corrected chi connectivity index (χ0v) is 21.5. The van der Waals surface area contributed by atoms with E-state index in [1.54, 1.807) is 18.2 Å². The number of carbonyl (C=O) groups excluding carboxylic acids is 1. The Morgan fingerprint density at radius 1 is 0.914 bits per heavy atom. The van der Waals surface area contributed by atoms with Crippen molar-refractivity contribution in [3.63, 3.8) is 0 Å². The highest BCUT2D eigenvalue weighted by molar-refractivity contribution is 6.32. The third kappa shape index (κ3) is 6.77. The maximum absolute atomic E-state index is 13.0. The van der Waals surface area contributed by atoms with E-state index >= 15 is 0 Å². The number of piperidine rings is 1. The molecule has 0 saturated carbocycles. The first-order valence-electron chi connectivity index (χ1n) is 11.9. The smallest absolute Gasteiger partial charge is 0.251 e. The predicted octanol–water partition coefficient (Wildman–Crippen LogP) is 6.75. The number of ether oxygens (including phenoxy) is 2. The van der Waals surface area contributed by atoms with Gasteiger partial charge in [-0.1, -0.05) is 54.1 Å². The van der Waals surface area contributed by atoms with Gasteiger partial charge in [0.2, 0.25) is 0 Å². The summed E-state index contributed by atoms with van der Waals surface area (Å²) in [6.45, 7) is 9.09. The molecule has 4 rings (SSSR count). The van der Waals surface area contributed by atoms with Gasteiger partial charge in [0.1, 0.15) is 12.4 Å². The lowest BCUT2D eigenvalue weighted by molar-refractivity contribution is 0.0873.